The third-order valence-corrected chi connectivity index (χ3v) is 8.13. The summed E-state index contributed by atoms with van der Waals surface area (Å²) in [6.45, 7) is 2.19. The number of fused-ring (bicyclic) bond motifs is 1. The summed E-state index contributed by atoms with van der Waals surface area (Å²) < 4.78 is 18.6. The molecule has 210 valence electrons. The maximum atomic E-state index is 13.9. The number of halogens is 2. The number of carbonyl (C=O) groups is 1. The molecule has 0 radical (unpaired) electrons. The molecule has 1 aromatic heterocycles. The molecule has 7 nitrogen and oxygen atoms in total. The SMILES string of the molecule is CCC1=C(C(=O)OC)[C@H](c2ccccc2)n2c(s/c(=C\c3cc(Cl)c(OCc4ccc(Cl)cc4)c(OC)c3)c2=O)=N1. The van der Waals surface area contributed by atoms with Crippen molar-refractivity contribution < 1.29 is 19.0 Å². The largest absolute Gasteiger partial charge is 0.493 e. The zero-order valence-electron chi connectivity index (χ0n) is 22.5. The highest BCUT2D eigenvalue weighted by Crippen LogP contribution is 2.37. The van der Waals surface area contributed by atoms with Crippen LogP contribution in [0.3, 0.4) is 0 Å². The molecule has 0 aliphatic carbocycles. The smallest absolute Gasteiger partial charge is 0.338 e. The van der Waals surface area contributed by atoms with Gasteiger partial charge >= 0.3 is 5.97 Å². The van der Waals surface area contributed by atoms with Gasteiger partial charge in [0.05, 0.1) is 41.1 Å². The number of benzene rings is 3. The molecule has 0 N–H and O–H groups in total. The predicted molar refractivity (Wildman–Crippen MR) is 161 cm³/mol. The topological polar surface area (TPSA) is 79.1 Å². The number of thiazole rings is 1. The zero-order valence-corrected chi connectivity index (χ0v) is 24.8. The monoisotopic (exact) mass is 608 g/mol. The first-order valence-electron chi connectivity index (χ1n) is 12.8. The minimum Gasteiger partial charge on any atom is -0.493 e. The lowest BCUT2D eigenvalue weighted by Gasteiger charge is -2.25. The Balaban J connectivity index is 1.58. The molecule has 4 aromatic rings. The summed E-state index contributed by atoms with van der Waals surface area (Å²) in [5, 5.41) is 0.974. The van der Waals surface area contributed by atoms with E-state index in [-0.39, 0.29) is 12.2 Å². The fraction of sp³-hybridized carbons (Fsp3) is 0.194. The molecule has 0 saturated carbocycles. The fourth-order valence-corrected chi connectivity index (χ4v) is 6.09. The lowest BCUT2D eigenvalue weighted by molar-refractivity contribution is -0.136. The van der Waals surface area contributed by atoms with E-state index in [1.165, 1.54) is 25.6 Å². The van der Waals surface area contributed by atoms with Crippen molar-refractivity contribution >= 4 is 46.6 Å². The second kappa shape index (κ2) is 12.3. The summed E-state index contributed by atoms with van der Waals surface area (Å²) in [6, 6.07) is 19.5. The van der Waals surface area contributed by atoms with Crippen molar-refractivity contribution in [3.8, 4) is 11.5 Å². The van der Waals surface area contributed by atoms with Gasteiger partial charge in [-0.15, -0.1) is 0 Å². The summed E-state index contributed by atoms with van der Waals surface area (Å²) in [5.41, 5.74) is 3.02. The van der Waals surface area contributed by atoms with E-state index in [0.29, 0.717) is 54.1 Å². The molecule has 0 amide bonds. The first-order valence-corrected chi connectivity index (χ1v) is 14.3. The molecule has 1 aliphatic heterocycles. The predicted octanol–water partition coefficient (Wildman–Crippen LogP) is 5.69. The molecule has 41 heavy (non-hydrogen) atoms. The van der Waals surface area contributed by atoms with E-state index >= 15 is 0 Å². The molecule has 0 spiro atoms. The van der Waals surface area contributed by atoms with Crippen LogP contribution in [0, 0.1) is 0 Å². The van der Waals surface area contributed by atoms with Crippen molar-refractivity contribution in [1.82, 2.24) is 4.57 Å². The minimum atomic E-state index is -0.668. The van der Waals surface area contributed by atoms with Crippen molar-refractivity contribution in [1.29, 1.82) is 0 Å². The Morgan fingerprint density at radius 3 is 2.46 bits per heavy atom. The number of hydrogen-bond acceptors (Lipinski definition) is 7. The Morgan fingerprint density at radius 1 is 1.07 bits per heavy atom. The second-order valence-corrected chi connectivity index (χ2v) is 11.0. The molecule has 1 aliphatic rings. The number of nitrogens with zero attached hydrogens (tertiary/aromatic N) is 2. The number of hydrogen-bond donors (Lipinski definition) is 0. The van der Waals surface area contributed by atoms with E-state index in [4.69, 9.17) is 42.4 Å². The average Bonchev–Trinajstić information content (AvgIpc) is 3.30. The highest BCUT2D eigenvalue weighted by Gasteiger charge is 2.33. The van der Waals surface area contributed by atoms with Crippen LogP contribution in [-0.4, -0.2) is 24.8 Å². The van der Waals surface area contributed by atoms with E-state index in [0.717, 1.165) is 11.1 Å². The maximum Gasteiger partial charge on any atom is 0.338 e. The molecule has 5 rings (SSSR count). The van der Waals surface area contributed by atoms with Crippen LogP contribution in [0.15, 0.2) is 87.8 Å². The number of methoxy groups -OCH3 is 2. The summed E-state index contributed by atoms with van der Waals surface area (Å²) in [7, 11) is 2.86. The van der Waals surface area contributed by atoms with Crippen molar-refractivity contribution in [3.05, 3.63) is 124 Å². The first kappa shape index (κ1) is 28.7. The van der Waals surface area contributed by atoms with Crippen molar-refractivity contribution in [2.24, 2.45) is 4.99 Å². The number of carbonyl (C=O) groups excluding carboxylic acids is 1. The first-order chi connectivity index (χ1) is 19.8. The van der Waals surface area contributed by atoms with E-state index < -0.39 is 12.0 Å². The van der Waals surface area contributed by atoms with Gasteiger partial charge < -0.3 is 14.2 Å². The lowest BCUT2D eigenvalue weighted by atomic mass is 9.95. The standard InChI is InChI=1S/C31H26Cl2N2O5S/c1-4-23-26(30(37)39-3)27(20-8-6-5-7-9-20)35-29(36)25(41-31(35)34-23)16-19-14-22(33)28(24(15-19)38-2)40-17-18-10-12-21(32)13-11-18/h5-16,27H,4,17H2,1-3H3/b25-16-/t27-/m0/s1. The van der Waals surface area contributed by atoms with Crippen LogP contribution in [0.4, 0.5) is 0 Å². The van der Waals surface area contributed by atoms with Gasteiger partial charge in [-0.1, -0.05) is 83.9 Å². The van der Waals surface area contributed by atoms with Gasteiger partial charge in [-0.25, -0.2) is 9.79 Å². The zero-order chi connectivity index (χ0) is 29.1. The number of rotatable bonds is 8. The molecule has 0 bridgehead atoms. The molecule has 0 fully saturated rings. The summed E-state index contributed by atoms with van der Waals surface area (Å²) in [4.78, 5) is 32.0. The van der Waals surface area contributed by atoms with Crippen LogP contribution < -0.4 is 24.4 Å². The molecule has 3 aromatic carbocycles. The van der Waals surface area contributed by atoms with Gasteiger partial charge in [-0.2, -0.15) is 0 Å². The second-order valence-electron chi connectivity index (χ2n) is 9.15. The normalized spacial score (nSPS) is 14.9. The Bertz CT molecular complexity index is 1810. The number of allylic oxidation sites excluding steroid dienone is 1. The molecule has 2 heterocycles. The molecular weight excluding hydrogens is 583 g/mol. The van der Waals surface area contributed by atoms with Gasteiger partial charge in [0.2, 0.25) is 0 Å². The van der Waals surface area contributed by atoms with Gasteiger partial charge in [-0.3, -0.25) is 9.36 Å². The van der Waals surface area contributed by atoms with Crippen molar-refractivity contribution in [3.63, 3.8) is 0 Å². The van der Waals surface area contributed by atoms with Gasteiger partial charge in [0, 0.05) is 5.02 Å². The Labute approximate surface area is 250 Å². The molecule has 1 atom stereocenters. The summed E-state index contributed by atoms with van der Waals surface area (Å²) in [5.74, 6) is 0.301. The van der Waals surface area contributed by atoms with E-state index in [1.807, 2.05) is 49.4 Å². The Kier molecular flexibility index (Phi) is 8.63. The van der Waals surface area contributed by atoms with Crippen molar-refractivity contribution in [2.45, 2.75) is 26.0 Å². The molecule has 10 heteroatoms. The van der Waals surface area contributed by atoms with E-state index in [9.17, 15) is 9.59 Å². The average molecular weight is 610 g/mol. The summed E-state index contributed by atoms with van der Waals surface area (Å²) in [6.07, 6.45) is 2.24. The third kappa shape index (κ3) is 5.81. The fourth-order valence-electron chi connectivity index (χ4n) is 4.67. The molecule has 0 saturated heterocycles. The minimum absolute atomic E-state index is 0.271. The van der Waals surface area contributed by atoms with Crippen LogP contribution in [0.2, 0.25) is 10.0 Å². The maximum absolute atomic E-state index is 13.9. The van der Waals surface area contributed by atoms with Gasteiger partial charge in [0.15, 0.2) is 16.3 Å². The van der Waals surface area contributed by atoms with E-state index in [1.54, 1.807) is 34.9 Å². The third-order valence-electron chi connectivity index (χ3n) is 6.61. The highest BCUT2D eigenvalue weighted by atomic mass is 35.5. The molecule has 0 unspecified atom stereocenters. The number of aromatic nitrogens is 1. The van der Waals surface area contributed by atoms with Crippen LogP contribution >= 0.6 is 34.5 Å². The Hall–Kier alpha value is -3.85. The Morgan fingerprint density at radius 2 is 1.80 bits per heavy atom. The van der Waals surface area contributed by atoms with Crippen molar-refractivity contribution in [2.75, 3.05) is 14.2 Å². The van der Waals surface area contributed by atoms with Gasteiger partial charge in [0.1, 0.15) is 6.61 Å². The number of esters is 1. The lowest BCUT2D eigenvalue weighted by Crippen LogP contribution is -2.40. The van der Waals surface area contributed by atoms with E-state index in [2.05, 4.69) is 0 Å². The molecular formula is C31H26Cl2N2O5S. The summed E-state index contributed by atoms with van der Waals surface area (Å²) >= 11 is 13.8. The number of ether oxygens (including phenoxy) is 3. The van der Waals surface area contributed by atoms with Gasteiger partial charge in [0.25, 0.3) is 5.56 Å². The van der Waals surface area contributed by atoms with Crippen LogP contribution in [0.5, 0.6) is 11.5 Å². The van der Waals surface area contributed by atoms with Gasteiger partial charge in [-0.05, 0) is 53.5 Å². The van der Waals surface area contributed by atoms with Crippen LogP contribution in [0.25, 0.3) is 6.08 Å². The quantitative estimate of drug-likeness (QED) is 0.240. The highest BCUT2D eigenvalue weighted by molar-refractivity contribution is 7.07. The van der Waals surface area contributed by atoms with Crippen LogP contribution in [-0.2, 0) is 16.1 Å². The van der Waals surface area contributed by atoms with Crippen LogP contribution in [0.1, 0.15) is 36.1 Å².